The summed E-state index contributed by atoms with van der Waals surface area (Å²) in [6.07, 6.45) is -0.468. The zero-order chi connectivity index (χ0) is 37.0. The summed E-state index contributed by atoms with van der Waals surface area (Å²) >= 11 is 0. The van der Waals surface area contributed by atoms with Crippen molar-refractivity contribution in [1.82, 2.24) is 14.5 Å². The van der Waals surface area contributed by atoms with Gasteiger partial charge in [-0.1, -0.05) is 152 Å². The Hall–Kier alpha value is -7.50. The fraction of sp³-hybridized carbons (Fsp3) is 0.0196. The molecule has 0 saturated heterocycles. The molecule has 5 nitrogen and oxygen atoms in total. The van der Waals surface area contributed by atoms with Crippen molar-refractivity contribution in [2.45, 2.75) is 6.17 Å². The fourth-order valence-corrected chi connectivity index (χ4v) is 8.62. The Labute approximate surface area is 324 Å². The molecule has 8 aromatic carbocycles. The highest BCUT2D eigenvalue weighted by atomic mass is 15.2. The first kappa shape index (κ1) is 32.0. The molecule has 10 aromatic rings. The van der Waals surface area contributed by atoms with Crippen molar-refractivity contribution >= 4 is 55.3 Å². The summed E-state index contributed by atoms with van der Waals surface area (Å²) < 4.78 is 4.77. The molecule has 0 saturated carbocycles. The van der Waals surface area contributed by atoms with Gasteiger partial charge in [0.1, 0.15) is 12.0 Å². The van der Waals surface area contributed by atoms with Crippen LogP contribution in [0.2, 0.25) is 0 Å². The molecule has 3 heterocycles. The van der Waals surface area contributed by atoms with Gasteiger partial charge in [-0.3, -0.25) is 0 Å². The van der Waals surface area contributed by atoms with Crippen molar-refractivity contribution in [3.8, 4) is 22.5 Å². The average Bonchev–Trinajstić information content (AvgIpc) is 3.80. The molecule has 0 spiro atoms. The van der Waals surface area contributed by atoms with Crippen LogP contribution in [0.3, 0.4) is 0 Å². The van der Waals surface area contributed by atoms with Crippen LogP contribution in [0.5, 0.6) is 0 Å². The summed E-state index contributed by atoms with van der Waals surface area (Å²) in [5, 5.41) is 8.61. The quantitative estimate of drug-likeness (QED) is 0.183. The third kappa shape index (κ3) is 5.09. The number of aromatic nitrogens is 2. The van der Waals surface area contributed by atoms with Crippen LogP contribution >= 0.6 is 0 Å². The van der Waals surface area contributed by atoms with E-state index in [9.17, 15) is 0 Å². The normalized spacial score (nSPS) is 14.2. The maximum absolute atomic E-state index is 5.52. The maximum atomic E-state index is 5.52. The Kier molecular flexibility index (Phi) is 7.49. The summed E-state index contributed by atoms with van der Waals surface area (Å²) in [6, 6.07) is 70.9. The zero-order valence-electron chi connectivity index (χ0n) is 30.4. The molecule has 2 aromatic heterocycles. The van der Waals surface area contributed by atoms with Crippen molar-refractivity contribution in [1.29, 1.82) is 0 Å². The van der Waals surface area contributed by atoms with Crippen molar-refractivity contribution in [2.75, 3.05) is 0 Å². The van der Waals surface area contributed by atoms with Gasteiger partial charge in [-0.15, -0.1) is 0 Å². The Bertz CT molecular complexity index is 3140. The summed E-state index contributed by atoms with van der Waals surface area (Å²) in [6.45, 7) is 0. The van der Waals surface area contributed by atoms with E-state index in [1.165, 1.54) is 21.7 Å². The van der Waals surface area contributed by atoms with Gasteiger partial charge in [-0.25, -0.2) is 9.98 Å². The van der Waals surface area contributed by atoms with Gasteiger partial charge in [0.05, 0.1) is 22.1 Å². The first-order valence-electron chi connectivity index (χ1n) is 19.1. The van der Waals surface area contributed by atoms with Gasteiger partial charge >= 0.3 is 0 Å². The Morgan fingerprint density at radius 3 is 1.52 bits per heavy atom. The zero-order valence-corrected chi connectivity index (χ0v) is 30.4. The summed E-state index contributed by atoms with van der Waals surface area (Å²) in [5.74, 6) is 1.49. The number of amidine groups is 2. The van der Waals surface area contributed by atoms with Gasteiger partial charge in [0, 0.05) is 49.6 Å². The van der Waals surface area contributed by atoms with Crippen LogP contribution in [0, 0.1) is 0 Å². The number of fused-ring (bicyclic) bond motifs is 6. The molecule has 0 fully saturated rings. The van der Waals surface area contributed by atoms with Crippen LogP contribution in [0.4, 0.5) is 0 Å². The lowest BCUT2D eigenvalue weighted by molar-refractivity contribution is 0.681. The topological polar surface area (TPSA) is 46.6 Å². The second-order valence-corrected chi connectivity index (χ2v) is 14.2. The minimum atomic E-state index is -0.468. The monoisotopic (exact) mass is 717 g/mol. The highest BCUT2D eigenvalue weighted by molar-refractivity contribution is 6.19. The fourth-order valence-electron chi connectivity index (χ4n) is 8.62. The third-order valence-electron chi connectivity index (χ3n) is 11.0. The van der Waals surface area contributed by atoms with E-state index in [1.54, 1.807) is 0 Å². The van der Waals surface area contributed by atoms with Crippen molar-refractivity contribution < 1.29 is 0 Å². The first-order chi connectivity index (χ1) is 27.8. The van der Waals surface area contributed by atoms with Gasteiger partial charge in [0.25, 0.3) is 0 Å². The van der Waals surface area contributed by atoms with Crippen LogP contribution < -0.4 is 5.32 Å². The molecule has 0 amide bonds. The number of hydrogen-bond donors (Lipinski definition) is 1. The lowest BCUT2D eigenvalue weighted by Crippen LogP contribution is -2.34. The largest absolute Gasteiger partial charge is 0.344 e. The van der Waals surface area contributed by atoms with Gasteiger partial charge in [0.15, 0.2) is 5.84 Å². The smallest absolute Gasteiger partial charge is 0.159 e. The summed E-state index contributed by atoms with van der Waals surface area (Å²) in [7, 11) is 0. The molecule has 1 aliphatic heterocycles. The number of nitrogens with zero attached hydrogens (tertiary/aromatic N) is 4. The lowest BCUT2D eigenvalue weighted by atomic mass is 9.90. The van der Waals surface area contributed by atoms with Gasteiger partial charge < -0.3 is 14.5 Å². The van der Waals surface area contributed by atoms with Crippen LogP contribution in [0.1, 0.15) is 22.9 Å². The number of nitrogens with one attached hydrogen (secondary N) is 1. The minimum absolute atomic E-state index is 0.468. The van der Waals surface area contributed by atoms with Gasteiger partial charge in [-0.05, 0) is 59.7 Å². The van der Waals surface area contributed by atoms with E-state index in [0.717, 1.165) is 67.0 Å². The van der Waals surface area contributed by atoms with Crippen LogP contribution in [0.15, 0.2) is 210 Å². The highest BCUT2D eigenvalue weighted by Gasteiger charge is 2.29. The first-order valence-corrected chi connectivity index (χ1v) is 19.1. The molecule has 56 heavy (non-hydrogen) atoms. The molecule has 1 N–H and O–H groups in total. The van der Waals surface area contributed by atoms with E-state index in [-0.39, 0.29) is 0 Å². The van der Waals surface area contributed by atoms with Gasteiger partial charge in [0.2, 0.25) is 0 Å². The maximum Gasteiger partial charge on any atom is 0.159 e. The highest BCUT2D eigenvalue weighted by Crippen LogP contribution is 2.46. The van der Waals surface area contributed by atoms with E-state index in [1.807, 2.05) is 12.1 Å². The number of hydrogen-bond acceptors (Lipinski definition) is 3. The van der Waals surface area contributed by atoms with Crippen molar-refractivity contribution in [3.63, 3.8) is 0 Å². The Morgan fingerprint density at radius 2 is 0.893 bits per heavy atom. The van der Waals surface area contributed by atoms with E-state index in [0.29, 0.717) is 5.84 Å². The Balaban J connectivity index is 1.27. The number of para-hydroxylation sites is 4. The molecule has 5 heteroatoms. The molecule has 0 bridgehead atoms. The van der Waals surface area contributed by atoms with Crippen LogP contribution in [-0.4, -0.2) is 20.8 Å². The van der Waals surface area contributed by atoms with E-state index in [4.69, 9.17) is 9.98 Å². The third-order valence-corrected chi connectivity index (χ3v) is 11.0. The van der Waals surface area contributed by atoms with Crippen molar-refractivity contribution in [3.05, 3.63) is 217 Å². The van der Waals surface area contributed by atoms with E-state index < -0.39 is 6.17 Å². The van der Waals surface area contributed by atoms with Crippen LogP contribution in [-0.2, 0) is 0 Å². The molecule has 1 atom stereocenters. The minimum Gasteiger partial charge on any atom is -0.344 e. The van der Waals surface area contributed by atoms with Crippen LogP contribution in [0.25, 0.3) is 66.1 Å². The molecule has 11 rings (SSSR count). The average molecular weight is 718 g/mol. The molecule has 0 radical (unpaired) electrons. The molecular weight excluding hydrogens is 683 g/mol. The molecular formula is C51H35N5. The van der Waals surface area contributed by atoms with Crippen molar-refractivity contribution in [2.24, 2.45) is 9.98 Å². The Morgan fingerprint density at radius 1 is 0.393 bits per heavy atom. The van der Waals surface area contributed by atoms with E-state index >= 15 is 0 Å². The lowest BCUT2D eigenvalue weighted by Gasteiger charge is -2.26. The molecule has 1 unspecified atom stereocenters. The summed E-state index contributed by atoms with van der Waals surface area (Å²) in [4.78, 5) is 10.7. The number of rotatable bonds is 6. The predicted molar refractivity (Wildman–Crippen MR) is 232 cm³/mol. The van der Waals surface area contributed by atoms with E-state index in [2.05, 4.69) is 203 Å². The second-order valence-electron chi connectivity index (χ2n) is 14.2. The molecule has 1 aliphatic rings. The number of aliphatic imine (C=N–C) groups is 2. The second kappa shape index (κ2) is 13.1. The predicted octanol–water partition coefficient (Wildman–Crippen LogP) is 12.0. The molecule has 264 valence electrons. The summed E-state index contributed by atoms with van der Waals surface area (Å²) in [5.41, 5.74) is 12.2. The van der Waals surface area contributed by atoms with Gasteiger partial charge in [-0.2, -0.15) is 0 Å². The standard InChI is InChI=1S/C51H35N5/c1-5-18-34(19-6-1)49-52-50(35-20-7-2-8-21-35)54-51(53-49)48-39(32-33-45-47(48)41-27-14-16-30-43(41)56(45)37-24-11-4-12-25-37)38-28-17-31-44-46(38)40-26-13-15-29-42(40)55(44)36-22-9-3-10-23-36/h1-33,51H,(H,52,53,54). The SMILES string of the molecule is c1ccc(C2=NC(c3c(-c4cccc5c4c4ccccc4n5-c4ccccc4)ccc4c3c3ccccc3n4-c3ccccc3)NC(c3ccccc3)=N2)cc1. The molecule has 0 aliphatic carbocycles. The number of benzene rings is 8.